The van der Waals surface area contributed by atoms with Crippen molar-refractivity contribution in [2.75, 3.05) is 5.32 Å². The number of para-hydroxylation sites is 1. The van der Waals surface area contributed by atoms with Gasteiger partial charge in [-0.3, -0.25) is 10.1 Å². The second-order valence-electron chi connectivity index (χ2n) is 7.33. The molecule has 1 heterocycles. The van der Waals surface area contributed by atoms with Crippen LogP contribution in [0.3, 0.4) is 0 Å². The van der Waals surface area contributed by atoms with Crippen LogP contribution < -0.4 is 10.6 Å². The molecule has 1 aromatic carbocycles. The lowest BCUT2D eigenvalue weighted by molar-refractivity contribution is -0.137. The number of thiocarbonyl (C=S) groups is 1. The van der Waals surface area contributed by atoms with Gasteiger partial charge in [0, 0.05) is 11.9 Å². The van der Waals surface area contributed by atoms with Crippen molar-refractivity contribution >= 4 is 40.5 Å². The van der Waals surface area contributed by atoms with Crippen molar-refractivity contribution in [1.82, 2.24) is 10.3 Å². The molecule has 0 radical (unpaired) electrons. The lowest BCUT2D eigenvalue weighted by Crippen LogP contribution is -2.35. The number of amides is 1. The summed E-state index contributed by atoms with van der Waals surface area (Å²) in [6, 6.07) is 6.68. The van der Waals surface area contributed by atoms with Crippen molar-refractivity contribution in [3.05, 3.63) is 57.9 Å². The highest BCUT2D eigenvalue weighted by Gasteiger charge is 2.32. The van der Waals surface area contributed by atoms with E-state index in [9.17, 15) is 18.0 Å². The van der Waals surface area contributed by atoms with Gasteiger partial charge in [-0.05, 0) is 55.1 Å². The largest absolute Gasteiger partial charge is 0.417 e. The van der Waals surface area contributed by atoms with Gasteiger partial charge in [-0.1, -0.05) is 49.1 Å². The quantitative estimate of drug-likeness (QED) is 0.538. The molecule has 30 heavy (non-hydrogen) atoms. The summed E-state index contributed by atoms with van der Waals surface area (Å²) in [5, 5.41) is 5.17. The van der Waals surface area contributed by atoms with Gasteiger partial charge in [-0.15, -0.1) is 0 Å². The summed E-state index contributed by atoms with van der Waals surface area (Å²) in [5.41, 5.74) is 1.63. The number of halogens is 4. The minimum Gasteiger partial charge on any atom is -0.332 e. The van der Waals surface area contributed by atoms with Crippen LogP contribution >= 0.6 is 23.8 Å². The van der Waals surface area contributed by atoms with Crippen LogP contribution in [-0.2, 0) is 6.18 Å². The fourth-order valence-corrected chi connectivity index (χ4v) is 4.13. The van der Waals surface area contributed by atoms with Crippen molar-refractivity contribution < 1.29 is 18.0 Å². The van der Waals surface area contributed by atoms with E-state index < -0.39 is 22.7 Å². The second kappa shape index (κ2) is 9.31. The van der Waals surface area contributed by atoms with E-state index in [4.69, 9.17) is 23.8 Å². The fraction of sp³-hybridized carbons (Fsp3) is 0.381. The van der Waals surface area contributed by atoms with Gasteiger partial charge in [-0.25, -0.2) is 4.98 Å². The summed E-state index contributed by atoms with van der Waals surface area (Å²) in [5.74, 6) is -0.357. The van der Waals surface area contributed by atoms with E-state index in [0.717, 1.165) is 29.7 Å². The van der Waals surface area contributed by atoms with Gasteiger partial charge < -0.3 is 5.32 Å². The predicted octanol–water partition coefficient (Wildman–Crippen LogP) is 6.24. The number of hydrogen-bond acceptors (Lipinski definition) is 3. The Bertz CT molecular complexity index is 959. The predicted molar refractivity (Wildman–Crippen MR) is 115 cm³/mol. The molecule has 2 N–H and O–H groups in total. The molecule has 9 heteroatoms. The Hall–Kier alpha value is -2.19. The van der Waals surface area contributed by atoms with Crippen LogP contribution in [0.4, 0.5) is 18.9 Å². The van der Waals surface area contributed by atoms with Crippen molar-refractivity contribution in [2.24, 2.45) is 0 Å². The minimum atomic E-state index is -4.59. The van der Waals surface area contributed by atoms with Crippen molar-refractivity contribution in [3.63, 3.8) is 0 Å². The molecule has 160 valence electrons. The monoisotopic (exact) mass is 455 g/mol. The van der Waals surface area contributed by atoms with Crippen LogP contribution in [0.5, 0.6) is 0 Å². The fourth-order valence-electron chi connectivity index (χ4n) is 3.68. The molecule has 3 rings (SSSR count). The lowest BCUT2D eigenvalue weighted by atomic mass is 9.82. The Morgan fingerprint density at radius 2 is 1.93 bits per heavy atom. The number of anilines is 1. The van der Waals surface area contributed by atoms with E-state index in [1.807, 2.05) is 19.1 Å². The van der Waals surface area contributed by atoms with Crippen molar-refractivity contribution in [1.29, 1.82) is 0 Å². The van der Waals surface area contributed by atoms with E-state index in [-0.39, 0.29) is 10.8 Å². The van der Waals surface area contributed by atoms with E-state index in [1.165, 1.54) is 19.3 Å². The van der Waals surface area contributed by atoms with Gasteiger partial charge in [0.25, 0.3) is 5.91 Å². The maximum atomic E-state index is 12.8. The Labute approximate surface area is 183 Å². The number of carbonyl (C=O) groups excluding carboxylic acids is 1. The molecule has 1 aliphatic rings. The van der Waals surface area contributed by atoms with E-state index in [0.29, 0.717) is 18.2 Å². The summed E-state index contributed by atoms with van der Waals surface area (Å²) >= 11 is 11.1. The average molecular weight is 456 g/mol. The first kappa shape index (κ1) is 22.5. The summed E-state index contributed by atoms with van der Waals surface area (Å²) in [7, 11) is 0. The number of benzene rings is 1. The van der Waals surface area contributed by atoms with Crippen LogP contribution in [0.1, 0.15) is 65.2 Å². The highest BCUT2D eigenvalue weighted by atomic mass is 35.5. The molecule has 1 amide bonds. The van der Waals surface area contributed by atoms with Crippen molar-refractivity contribution in [2.45, 2.75) is 51.1 Å². The first-order valence-corrected chi connectivity index (χ1v) is 10.4. The standard InChI is InChI=1S/C21H21ClF3N3OS/c1-12-6-5-9-15(13-7-3-2-4-8-13)17(12)27-20(30)28-19(29)18-16(22)10-14(11-26-18)21(23,24)25/h5-6,9-11,13H,2-4,7-8H2,1H3,(H2,27,28,29,30). The average Bonchev–Trinajstić information content (AvgIpc) is 2.69. The highest BCUT2D eigenvalue weighted by Crippen LogP contribution is 2.37. The number of alkyl halides is 3. The second-order valence-corrected chi connectivity index (χ2v) is 8.15. The smallest absolute Gasteiger partial charge is 0.332 e. The zero-order valence-corrected chi connectivity index (χ0v) is 17.8. The van der Waals surface area contributed by atoms with Crippen LogP contribution in [0.2, 0.25) is 5.02 Å². The molecule has 0 bridgehead atoms. The molecule has 0 unspecified atom stereocenters. The zero-order valence-electron chi connectivity index (χ0n) is 16.3. The molecule has 0 aliphatic heterocycles. The number of nitrogens with zero attached hydrogens (tertiary/aromatic N) is 1. The number of nitrogens with one attached hydrogen (secondary N) is 2. The van der Waals surface area contributed by atoms with Gasteiger partial charge in [0.2, 0.25) is 0 Å². The highest BCUT2D eigenvalue weighted by molar-refractivity contribution is 7.80. The van der Waals surface area contributed by atoms with Crippen LogP contribution in [0, 0.1) is 6.92 Å². The third-order valence-corrected chi connectivity index (χ3v) is 5.69. The Morgan fingerprint density at radius 1 is 1.23 bits per heavy atom. The third-order valence-electron chi connectivity index (χ3n) is 5.20. The van der Waals surface area contributed by atoms with Gasteiger partial charge >= 0.3 is 6.18 Å². The Kier molecular flexibility index (Phi) is 6.98. The maximum absolute atomic E-state index is 12.8. The molecule has 1 saturated carbocycles. The molecule has 2 aromatic rings. The molecular weight excluding hydrogens is 435 g/mol. The first-order valence-electron chi connectivity index (χ1n) is 9.61. The number of aryl methyl sites for hydroxylation is 1. The number of hydrogen-bond donors (Lipinski definition) is 2. The van der Waals surface area contributed by atoms with E-state index in [2.05, 4.69) is 21.7 Å². The molecule has 1 aliphatic carbocycles. The minimum absolute atomic E-state index is 0.0316. The number of aromatic nitrogens is 1. The Balaban J connectivity index is 1.74. The van der Waals surface area contributed by atoms with Crippen LogP contribution in [0.25, 0.3) is 0 Å². The van der Waals surface area contributed by atoms with Gasteiger partial charge in [0.15, 0.2) is 5.11 Å². The third kappa shape index (κ3) is 5.29. The molecule has 1 aromatic heterocycles. The summed E-state index contributed by atoms with van der Waals surface area (Å²) in [6.45, 7) is 1.95. The maximum Gasteiger partial charge on any atom is 0.417 e. The summed E-state index contributed by atoms with van der Waals surface area (Å²) < 4.78 is 38.3. The van der Waals surface area contributed by atoms with Crippen molar-refractivity contribution in [3.8, 4) is 0 Å². The lowest BCUT2D eigenvalue weighted by Gasteiger charge is -2.26. The number of carbonyl (C=O) groups is 1. The van der Waals surface area contributed by atoms with Crippen LogP contribution in [0.15, 0.2) is 30.5 Å². The van der Waals surface area contributed by atoms with Gasteiger partial charge in [0.05, 0.1) is 10.6 Å². The first-order chi connectivity index (χ1) is 14.2. The number of pyridine rings is 1. The number of rotatable bonds is 3. The normalized spacial score (nSPS) is 15.0. The zero-order chi connectivity index (χ0) is 21.9. The van der Waals surface area contributed by atoms with E-state index >= 15 is 0 Å². The summed E-state index contributed by atoms with van der Waals surface area (Å²) in [6.07, 6.45) is 1.77. The SMILES string of the molecule is Cc1cccc(C2CCCCC2)c1NC(=S)NC(=O)c1ncc(C(F)(F)F)cc1Cl. The molecule has 0 spiro atoms. The topological polar surface area (TPSA) is 54.0 Å². The molecule has 1 fully saturated rings. The van der Waals surface area contributed by atoms with Crippen LogP contribution in [-0.4, -0.2) is 16.0 Å². The molecular formula is C21H21ClF3N3OS. The Morgan fingerprint density at radius 3 is 2.57 bits per heavy atom. The molecule has 0 atom stereocenters. The molecule has 0 saturated heterocycles. The summed E-state index contributed by atoms with van der Waals surface area (Å²) in [4.78, 5) is 16.0. The van der Waals surface area contributed by atoms with Gasteiger partial charge in [0.1, 0.15) is 5.69 Å². The molecule has 4 nitrogen and oxygen atoms in total. The van der Waals surface area contributed by atoms with Gasteiger partial charge in [-0.2, -0.15) is 13.2 Å². The van der Waals surface area contributed by atoms with E-state index in [1.54, 1.807) is 0 Å².